The number of hydrogen-bond acceptors (Lipinski definition) is 1. The Morgan fingerprint density at radius 3 is 1.80 bits per heavy atom. The molecular weight excluding hydrogens is 142 g/mol. The Bertz CT molecular complexity index is 107. The standard InChI is InChI=1S/C7H16BOP/c1-6(2,9-8)5-7(3,4)10/h5,10H2,1-4H3. The van der Waals surface area contributed by atoms with Gasteiger partial charge in [-0.3, -0.25) is 0 Å². The van der Waals surface area contributed by atoms with Crippen LogP contribution in [-0.2, 0) is 4.65 Å². The van der Waals surface area contributed by atoms with Gasteiger partial charge in [0, 0.05) is 5.60 Å². The molecule has 2 radical (unpaired) electrons. The van der Waals surface area contributed by atoms with Crippen LogP contribution in [-0.4, -0.2) is 18.8 Å². The fourth-order valence-corrected chi connectivity index (χ4v) is 1.63. The van der Waals surface area contributed by atoms with Gasteiger partial charge in [-0.25, -0.2) is 0 Å². The van der Waals surface area contributed by atoms with Crippen LogP contribution in [0.2, 0.25) is 0 Å². The molecule has 3 heteroatoms. The summed E-state index contributed by atoms with van der Waals surface area (Å²) < 4.78 is 4.80. The van der Waals surface area contributed by atoms with Gasteiger partial charge in [0.15, 0.2) is 0 Å². The predicted octanol–water partition coefficient (Wildman–Crippen LogP) is 1.91. The van der Waals surface area contributed by atoms with Crippen molar-refractivity contribution in [2.24, 2.45) is 0 Å². The maximum atomic E-state index is 5.10. The largest absolute Gasteiger partial charge is 0.443 e. The number of hydrogen-bond donors (Lipinski definition) is 0. The van der Waals surface area contributed by atoms with E-state index in [4.69, 9.17) is 12.7 Å². The fraction of sp³-hybridized carbons (Fsp3) is 1.00. The van der Waals surface area contributed by atoms with E-state index in [9.17, 15) is 0 Å². The summed E-state index contributed by atoms with van der Waals surface area (Å²) in [6.07, 6.45) is 0.932. The second kappa shape index (κ2) is 3.23. The molecule has 1 atom stereocenters. The van der Waals surface area contributed by atoms with Crippen LogP contribution in [0, 0.1) is 0 Å². The van der Waals surface area contributed by atoms with Crippen LogP contribution in [0.15, 0.2) is 0 Å². The van der Waals surface area contributed by atoms with Crippen LogP contribution >= 0.6 is 9.24 Å². The third-order valence-corrected chi connectivity index (χ3v) is 1.40. The van der Waals surface area contributed by atoms with E-state index in [-0.39, 0.29) is 10.8 Å². The summed E-state index contributed by atoms with van der Waals surface area (Å²) in [7, 11) is 7.88. The first-order valence-electron chi connectivity index (χ1n) is 3.44. The van der Waals surface area contributed by atoms with Crippen molar-refractivity contribution >= 4 is 17.3 Å². The zero-order chi connectivity index (χ0) is 8.41. The second-order valence-electron chi connectivity index (χ2n) is 4.04. The Kier molecular flexibility index (Phi) is 3.38. The smallest absolute Gasteiger partial charge is 0.283 e. The van der Waals surface area contributed by atoms with Crippen LogP contribution in [0.4, 0.5) is 0 Å². The van der Waals surface area contributed by atoms with Gasteiger partial charge in [0.05, 0.1) is 0 Å². The van der Waals surface area contributed by atoms with Gasteiger partial charge in [0.1, 0.15) is 0 Å². The summed E-state index contributed by atoms with van der Waals surface area (Å²) in [5.41, 5.74) is -0.217. The van der Waals surface area contributed by atoms with Gasteiger partial charge in [-0.05, 0) is 25.4 Å². The summed E-state index contributed by atoms with van der Waals surface area (Å²) >= 11 is 0. The third kappa shape index (κ3) is 5.26. The topological polar surface area (TPSA) is 9.23 Å². The Morgan fingerprint density at radius 1 is 1.30 bits per heavy atom. The van der Waals surface area contributed by atoms with Crippen LogP contribution in [0.25, 0.3) is 0 Å². The van der Waals surface area contributed by atoms with Crippen molar-refractivity contribution in [3.8, 4) is 0 Å². The first-order chi connectivity index (χ1) is 4.27. The SMILES string of the molecule is [B]OC(C)(C)CC(C)(C)P. The molecule has 0 aliphatic carbocycles. The van der Waals surface area contributed by atoms with E-state index in [1.54, 1.807) is 0 Å². The van der Waals surface area contributed by atoms with Crippen LogP contribution < -0.4 is 0 Å². The van der Waals surface area contributed by atoms with Crippen molar-refractivity contribution in [2.75, 3.05) is 0 Å². The van der Waals surface area contributed by atoms with Crippen molar-refractivity contribution in [1.82, 2.24) is 0 Å². The van der Waals surface area contributed by atoms with Crippen LogP contribution in [0.3, 0.4) is 0 Å². The molecule has 0 amide bonds. The number of rotatable bonds is 3. The highest BCUT2D eigenvalue weighted by Gasteiger charge is 2.23. The lowest BCUT2D eigenvalue weighted by atomic mass is 9.95. The Morgan fingerprint density at radius 2 is 1.70 bits per heavy atom. The quantitative estimate of drug-likeness (QED) is 0.450. The van der Waals surface area contributed by atoms with Crippen molar-refractivity contribution < 1.29 is 4.65 Å². The van der Waals surface area contributed by atoms with E-state index in [2.05, 4.69) is 23.1 Å². The molecule has 0 N–H and O–H groups in total. The van der Waals surface area contributed by atoms with Crippen molar-refractivity contribution in [1.29, 1.82) is 0 Å². The molecule has 0 heterocycles. The van der Waals surface area contributed by atoms with Crippen molar-refractivity contribution in [3.63, 3.8) is 0 Å². The molecule has 1 nitrogen and oxygen atoms in total. The molecule has 1 unspecified atom stereocenters. The van der Waals surface area contributed by atoms with Gasteiger partial charge < -0.3 is 4.65 Å². The predicted molar refractivity (Wildman–Crippen MR) is 49.3 cm³/mol. The van der Waals surface area contributed by atoms with Gasteiger partial charge in [-0.2, -0.15) is 0 Å². The minimum Gasteiger partial charge on any atom is -0.443 e. The molecule has 0 aromatic heterocycles. The van der Waals surface area contributed by atoms with Gasteiger partial charge in [0.2, 0.25) is 0 Å². The maximum absolute atomic E-state index is 5.10. The first kappa shape index (κ1) is 10.5. The lowest BCUT2D eigenvalue weighted by Crippen LogP contribution is -2.31. The molecular formula is C7H16BOP. The molecule has 58 valence electrons. The average molecular weight is 158 g/mol. The van der Waals surface area contributed by atoms with Crippen molar-refractivity contribution in [2.45, 2.75) is 44.9 Å². The molecule has 0 saturated carbocycles. The first-order valence-corrected chi connectivity index (χ1v) is 4.01. The van der Waals surface area contributed by atoms with Gasteiger partial charge >= 0.3 is 0 Å². The molecule has 0 aromatic carbocycles. The van der Waals surface area contributed by atoms with E-state index in [0.29, 0.717) is 0 Å². The van der Waals surface area contributed by atoms with Crippen molar-refractivity contribution in [3.05, 3.63) is 0 Å². The fourth-order valence-electron chi connectivity index (χ4n) is 1.14. The van der Waals surface area contributed by atoms with Crippen LogP contribution in [0.1, 0.15) is 34.1 Å². The summed E-state index contributed by atoms with van der Waals surface area (Å²) in [5, 5.41) is 0.197. The van der Waals surface area contributed by atoms with Gasteiger partial charge in [0.25, 0.3) is 8.05 Å². The zero-order valence-corrected chi connectivity index (χ0v) is 8.42. The normalized spacial score (nSPS) is 13.7. The Labute approximate surface area is 67.6 Å². The molecule has 0 aliphatic rings. The van der Waals surface area contributed by atoms with Gasteiger partial charge in [-0.15, -0.1) is 9.24 Å². The molecule has 10 heavy (non-hydrogen) atoms. The highest BCUT2D eigenvalue weighted by molar-refractivity contribution is 7.18. The molecule has 0 bridgehead atoms. The van der Waals surface area contributed by atoms with E-state index in [1.165, 1.54) is 0 Å². The van der Waals surface area contributed by atoms with Gasteiger partial charge in [-0.1, -0.05) is 13.8 Å². The Balaban J connectivity index is 3.89. The molecule has 0 spiro atoms. The lowest BCUT2D eigenvalue weighted by molar-refractivity contribution is 0.103. The molecule has 0 saturated heterocycles. The Hall–Kier alpha value is 0.455. The second-order valence-corrected chi connectivity index (χ2v) is 5.61. The highest BCUT2D eigenvalue weighted by Crippen LogP contribution is 2.29. The maximum Gasteiger partial charge on any atom is 0.283 e. The molecule has 0 rings (SSSR count). The van der Waals surface area contributed by atoms with E-state index >= 15 is 0 Å². The van der Waals surface area contributed by atoms with Crippen LogP contribution in [0.5, 0.6) is 0 Å². The zero-order valence-electron chi connectivity index (χ0n) is 7.27. The highest BCUT2D eigenvalue weighted by atomic mass is 31.0. The molecule has 0 fully saturated rings. The van der Waals surface area contributed by atoms with E-state index in [1.807, 2.05) is 13.8 Å². The summed E-state index contributed by atoms with van der Waals surface area (Å²) in [6.45, 7) is 8.24. The minimum atomic E-state index is -0.217. The molecule has 0 aliphatic heterocycles. The lowest BCUT2D eigenvalue weighted by Gasteiger charge is -2.31. The monoisotopic (exact) mass is 158 g/mol. The molecule has 0 aromatic rings. The third-order valence-electron chi connectivity index (χ3n) is 1.20. The summed E-state index contributed by atoms with van der Waals surface area (Å²) in [4.78, 5) is 0. The van der Waals surface area contributed by atoms with E-state index < -0.39 is 0 Å². The van der Waals surface area contributed by atoms with E-state index in [0.717, 1.165) is 6.42 Å². The summed E-state index contributed by atoms with van der Waals surface area (Å²) in [6, 6.07) is 0. The average Bonchev–Trinajstić information content (AvgIpc) is 1.60. The minimum absolute atomic E-state index is 0.197. The summed E-state index contributed by atoms with van der Waals surface area (Å²) in [5.74, 6) is 0.